The number of benzene rings is 2. The Bertz CT molecular complexity index is 838. The molecule has 0 aromatic heterocycles. The number of ether oxygens (including phenoxy) is 2. The molecule has 120 valence electrons. The molecule has 0 radical (unpaired) electrons. The number of nitriles is 1. The molecule has 0 bridgehead atoms. The molecule has 5 nitrogen and oxygen atoms in total. The number of hydrogen-bond acceptors (Lipinski definition) is 4. The number of carbonyl (C=O) groups is 1. The van der Waals surface area contributed by atoms with Crippen LogP contribution in [0.3, 0.4) is 0 Å². The third-order valence-corrected chi connectivity index (χ3v) is 3.60. The lowest BCUT2D eigenvalue weighted by atomic mass is 10.1. The number of nitrogens with one attached hydrogen (secondary N) is 1. The first-order valence-electron chi connectivity index (χ1n) is 7.24. The van der Waals surface area contributed by atoms with Crippen LogP contribution in [0.1, 0.15) is 5.56 Å². The van der Waals surface area contributed by atoms with E-state index >= 15 is 0 Å². The fraction of sp³-hybridized carbons (Fsp3) is 0.111. The van der Waals surface area contributed by atoms with E-state index in [0.29, 0.717) is 41.0 Å². The summed E-state index contributed by atoms with van der Waals surface area (Å²) >= 11 is 5.80. The molecule has 0 unspecified atom stereocenters. The molecule has 1 N–H and O–H groups in total. The fourth-order valence-electron chi connectivity index (χ4n) is 2.20. The van der Waals surface area contributed by atoms with Crippen molar-refractivity contribution in [2.45, 2.75) is 0 Å². The highest BCUT2D eigenvalue weighted by atomic mass is 35.5. The Labute approximate surface area is 144 Å². The van der Waals surface area contributed by atoms with Gasteiger partial charge in [0.1, 0.15) is 24.9 Å². The van der Waals surface area contributed by atoms with Crippen LogP contribution in [0.25, 0.3) is 6.08 Å². The zero-order valence-electron chi connectivity index (χ0n) is 12.6. The monoisotopic (exact) mass is 340 g/mol. The van der Waals surface area contributed by atoms with Crippen molar-refractivity contribution in [3.63, 3.8) is 0 Å². The van der Waals surface area contributed by atoms with Crippen molar-refractivity contribution < 1.29 is 14.3 Å². The molecule has 0 aliphatic carbocycles. The topological polar surface area (TPSA) is 71.3 Å². The second-order valence-electron chi connectivity index (χ2n) is 5.03. The van der Waals surface area contributed by atoms with Crippen molar-refractivity contribution in [3.8, 4) is 17.6 Å². The van der Waals surface area contributed by atoms with Gasteiger partial charge in [-0.3, -0.25) is 4.79 Å². The van der Waals surface area contributed by atoms with Gasteiger partial charge in [0.15, 0.2) is 11.5 Å². The van der Waals surface area contributed by atoms with Crippen LogP contribution in [-0.2, 0) is 4.79 Å². The van der Waals surface area contributed by atoms with Crippen molar-refractivity contribution in [2.24, 2.45) is 0 Å². The van der Waals surface area contributed by atoms with Crippen molar-refractivity contribution >= 4 is 29.3 Å². The number of carbonyl (C=O) groups excluding carboxylic acids is 1. The van der Waals surface area contributed by atoms with Crippen molar-refractivity contribution in [1.82, 2.24) is 0 Å². The first kappa shape index (κ1) is 15.9. The SMILES string of the molecule is N#CC(=Cc1ccc2c(c1)OCCO2)C(=O)Nc1ccc(Cl)cc1. The summed E-state index contributed by atoms with van der Waals surface area (Å²) in [4.78, 5) is 12.2. The number of amides is 1. The van der Waals surface area contributed by atoms with Gasteiger partial charge >= 0.3 is 0 Å². The highest BCUT2D eigenvalue weighted by Crippen LogP contribution is 2.31. The predicted octanol–water partition coefficient (Wildman–Crippen LogP) is 3.66. The van der Waals surface area contributed by atoms with E-state index in [1.165, 1.54) is 6.08 Å². The summed E-state index contributed by atoms with van der Waals surface area (Å²) in [5.74, 6) is 0.766. The van der Waals surface area contributed by atoms with Gasteiger partial charge in [-0.1, -0.05) is 17.7 Å². The van der Waals surface area contributed by atoms with E-state index in [1.807, 2.05) is 6.07 Å². The summed E-state index contributed by atoms with van der Waals surface area (Å²) in [5.41, 5.74) is 1.23. The third-order valence-electron chi connectivity index (χ3n) is 3.34. The Morgan fingerprint density at radius 3 is 2.54 bits per heavy atom. The zero-order chi connectivity index (χ0) is 16.9. The number of fused-ring (bicyclic) bond motifs is 1. The van der Waals surface area contributed by atoms with Crippen LogP contribution in [0.5, 0.6) is 11.5 Å². The van der Waals surface area contributed by atoms with Crippen LogP contribution in [0, 0.1) is 11.3 Å². The molecule has 0 spiro atoms. The quantitative estimate of drug-likeness (QED) is 0.683. The predicted molar refractivity (Wildman–Crippen MR) is 91.1 cm³/mol. The minimum absolute atomic E-state index is 0.0124. The molecule has 1 amide bonds. The van der Waals surface area contributed by atoms with Gasteiger partial charge in [0, 0.05) is 10.7 Å². The Hall–Kier alpha value is -2.97. The van der Waals surface area contributed by atoms with Crippen molar-refractivity contribution in [1.29, 1.82) is 5.26 Å². The molecule has 24 heavy (non-hydrogen) atoms. The van der Waals surface area contributed by atoms with Gasteiger partial charge in [0.25, 0.3) is 5.91 Å². The molecule has 1 heterocycles. The number of anilines is 1. The molecule has 0 atom stereocenters. The van der Waals surface area contributed by atoms with E-state index in [1.54, 1.807) is 42.5 Å². The van der Waals surface area contributed by atoms with Crippen LogP contribution < -0.4 is 14.8 Å². The summed E-state index contributed by atoms with van der Waals surface area (Å²) in [5, 5.41) is 12.5. The van der Waals surface area contributed by atoms with Gasteiger partial charge in [-0.05, 0) is 48.0 Å². The molecular formula is C18H13ClN2O3. The minimum Gasteiger partial charge on any atom is -0.486 e. The van der Waals surface area contributed by atoms with Gasteiger partial charge in [0.2, 0.25) is 0 Å². The number of nitrogens with zero attached hydrogens (tertiary/aromatic N) is 1. The van der Waals surface area contributed by atoms with E-state index in [-0.39, 0.29) is 5.57 Å². The maximum atomic E-state index is 12.2. The molecule has 1 aliphatic heterocycles. The van der Waals surface area contributed by atoms with Crippen LogP contribution in [0.2, 0.25) is 5.02 Å². The Balaban J connectivity index is 1.80. The van der Waals surface area contributed by atoms with E-state index in [9.17, 15) is 10.1 Å². The van der Waals surface area contributed by atoms with Crippen LogP contribution >= 0.6 is 11.6 Å². The highest BCUT2D eigenvalue weighted by molar-refractivity contribution is 6.30. The molecular weight excluding hydrogens is 328 g/mol. The van der Waals surface area contributed by atoms with Crippen molar-refractivity contribution in [2.75, 3.05) is 18.5 Å². The summed E-state index contributed by atoms with van der Waals surface area (Å²) in [6.45, 7) is 0.984. The highest BCUT2D eigenvalue weighted by Gasteiger charge is 2.13. The van der Waals surface area contributed by atoms with E-state index in [2.05, 4.69) is 5.32 Å². The summed E-state index contributed by atoms with van der Waals surface area (Å²) < 4.78 is 10.9. The Kier molecular flexibility index (Phi) is 4.69. The summed E-state index contributed by atoms with van der Waals surface area (Å²) in [6, 6.07) is 13.8. The molecule has 0 fully saturated rings. The second-order valence-corrected chi connectivity index (χ2v) is 5.47. The molecule has 2 aromatic carbocycles. The van der Waals surface area contributed by atoms with Crippen LogP contribution in [-0.4, -0.2) is 19.1 Å². The minimum atomic E-state index is -0.491. The molecule has 0 saturated heterocycles. The zero-order valence-corrected chi connectivity index (χ0v) is 13.3. The van der Waals surface area contributed by atoms with Crippen molar-refractivity contribution in [3.05, 3.63) is 58.6 Å². The average molecular weight is 341 g/mol. The van der Waals surface area contributed by atoms with E-state index in [4.69, 9.17) is 21.1 Å². The first-order valence-corrected chi connectivity index (χ1v) is 7.62. The normalized spacial score (nSPS) is 13.1. The number of rotatable bonds is 3. The first-order chi connectivity index (χ1) is 11.7. The van der Waals surface area contributed by atoms with Gasteiger partial charge in [-0.15, -0.1) is 0 Å². The molecule has 3 rings (SSSR count). The average Bonchev–Trinajstić information content (AvgIpc) is 2.61. The standard InChI is InChI=1S/C18H13ClN2O3/c19-14-2-4-15(5-3-14)21-18(22)13(11-20)9-12-1-6-16-17(10-12)24-8-7-23-16/h1-6,9-10H,7-8H2,(H,21,22). The Morgan fingerprint density at radius 2 is 1.83 bits per heavy atom. The smallest absolute Gasteiger partial charge is 0.266 e. The van der Waals surface area contributed by atoms with Gasteiger partial charge in [-0.25, -0.2) is 0 Å². The van der Waals surface area contributed by atoms with E-state index < -0.39 is 5.91 Å². The van der Waals surface area contributed by atoms with Crippen LogP contribution in [0.4, 0.5) is 5.69 Å². The maximum Gasteiger partial charge on any atom is 0.266 e. The number of halogens is 1. The summed E-state index contributed by atoms with van der Waals surface area (Å²) in [7, 11) is 0. The molecule has 6 heteroatoms. The van der Waals surface area contributed by atoms with Gasteiger partial charge in [0.05, 0.1) is 0 Å². The fourth-order valence-corrected chi connectivity index (χ4v) is 2.32. The number of hydrogen-bond donors (Lipinski definition) is 1. The van der Waals surface area contributed by atoms with E-state index in [0.717, 1.165) is 0 Å². The lowest BCUT2D eigenvalue weighted by Crippen LogP contribution is -2.15. The molecule has 0 saturated carbocycles. The summed E-state index contributed by atoms with van der Waals surface area (Å²) in [6.07, 6.45) is 1.50. The van der Waals surface area contributed by atoms with Crippen LogP contribution in [0.15, 0.2) is 48.0 Å². The lowest BCUT2D eigenvalue weighted by molar-refractivity contribution is -0.112. The molecule has 2 aromatic rings. The van der Waals surface area contributed by atoms with Gasteiger partial charge in [-0.2, -0.15) is 5.26 Å². The molecule has 1 aliphatic rings. The van der Waals surface area contributed by atoms with Gasteiger partial charge < -0.3 is 14.8 Å². The Morgan fingerprint density at radius 1 is 1.12 bits per heavy atom. The lowest BCUT2D eigenvalue weighted by Gasteiger charge is -2.18. The second kappa shape index (κ2) is 7.07. The third kappa shape index (κ3) is 3.67. The largest absolute Gasteiger partial charge is 0.486 e. The maximum absolute atomic E-state index is 12.2.